The second-order valence-corrected chi connectivity index (χ2v) is 19.6. The average molecular weight is 640 g/mol. The summed E-state index contributed by atoms with van der Waals surface area (Å²) in [7, 11) is -5.47. The van der Waals surface area contributed by atoms with E-state index in [4.69, 9.17) is 32.9 Å². The maximum Gasteiger partial charge on any atom is 0.264 e. The Labute approximate surface area is 254 Å². The zero-order valence-electron chi connectivity index (χ0n) is 25.8. The number of nitrogens with zero attached hydrogens (tertiary/aromatic N) is 3. The minimum absolute atomic E-state index is 0.0881. The third-order valence-electron chi connectivity index (χ3n) is 7.69. The van der Waals surface area contributed by atoms with Crippen molar-refractivity contribution in [3.8, 4) is 17.1 Å². The number of hydrogen-bond acceptors (Lipinski definition) is 10. The van der Waals surface area contributed by atoms with Gasteiger partial charge in [-0.05, 0) is 68.9 Å². The molecule has 42 heavy (non-hydrogen) atoms. The van der Waals surface area contributed by atoms with Crippen molar-refractivity contribution in [1.82, 2.24) is 14.8 Å². The normalized spacial score (nSPS) is 17.5. The highest BCUT2D eigenvalue weighted by Crippen LogP contribution is 2.40. The van der Waals surface area contributed by atoms with E-state index in [0.717, 1.165) is 65.2 Å². The molecule has 1 aromatic carbocycles. The molecule has 0 aliphatic carbocycles. The third kappa shape index (κ3) is 8.83. The Hall–Kier alpha value is -1.87. The van der Waals surface area contributed by atoms with E-state index < -0.39 is 24.5 Å². The number of rotatable bonds is 14. The van der Waals surface area contributed by atoms with Gasteiger partial charge in [-0.2, -0.15) is 13.5 Å². The van der Waals surface area contributed by atoms with Crippen LogP contribution < -0.4 is 4.43 Å². The molecule has 3 heterocycles. The summed E-state index contributed by atoms with van der Waals surface area (Å²) < 4.78 is 53.3. The van der Waals surface area contributed by atoms with E-state index in [-0.39, 0.29) is 11.3 Å². The van der Waals surface area contributed by atoms with Gasteiger partial charge >= 0.3 is 0 Å². The van der Waals surface area contributed by atoms with Crippen LogP contribution in [0.1, 0.15) is 64.6 Å². The van der Waals surface area contributed by atoms with E-state index in [1.165, 1.54) is 11.3 Å². The van der Waals surface area contributed by atoms with Crippen molar-refractivity contribution in [3.05, 3.63) is 28.6 Å². The maximum atomic E-state index is 11.2. The van der Waals surface area contributed by atoms with Crippen LogP contribution in [0.4, 0.5) is 0 Å². The van der Waals surface area contributed by atoms with Gasteiger partial charge in [0.1, 0.15) is 22.1 Å². The summed E-state index contributed by atoms with van der Waals surface area (Å²) in [5.74, 6) is 0.857. The summed E-state index contributed by atoms with van der Waals surface area (Å²) in [4.78, 5) is 4.85. The highest BCUT2D eigenvalue weighted by Gasteiger charge is 2.39. The van der Waals surface area contributed by atoms with Gasteiger partial charge in [-0.15, -0.1) is 11.3 Å². The summed E-state index contributed by atoms with van der Waals surface area (Å²) in [6.45, 7) is 15.2. The highest BCUT2D eigenvalue weighted by molar-refractivity contribution is 7.86. The Balaban J connectivity index is 1.43. The van der Waals surface area contributed by atoms with Gasteiger partial charge in [0, 0.05) is 24.0 Å². The van der Waals surface area contributed by atoms with Crippen LogP contribution in [0.2, 0.25) is 18.1 Å². The molecule has 0 N–H and O–H groups in total. The summed E-state index contributed by atoms with van der Waals surface area (Å²) in [6, 6.07) is 6.25. The van der Waals surface area contributed by atoms with Gasteiger partial charge in [-0.3, -0.25) is 4.18 Å². The molecule has 1 saturated heterocycles. The topological polar surface area (TPSA) is 111 Å². The Morgan fingerprint density at radius 2 is 1.93 bits per heavy atom. The second kappa shape index (κ2) is 13.8. The molecule has 2 unspecified atom stereocenters. The van der Waals surface area contributed by atoms with Crippen LogP contribution in [0.3, 0.4) is 0 Å². The first-order valence-electron chi connectivity index (χ1n) is 14.5. The molecular formula is C29H45N3O7S2Si. The molecule has 1 aliphatic heterocycles. The molecule has 0 amide bonds. The Morgan fingerprint density at radius 3 is 2.62 bits per heavy atom. The van der Waals surface area contributed by atoms with E-state index in [9.17, 15) is 8.42 Å². The van der Waals surface area contributed by atoms with E-state index in [0.29, 0.717) is 32.8 Å². The van der Waals surface area contributed by atoms with E-state index >= 15 is 0 Å². The second-order valence-electron chi connectivity index (χ2n) is 12.3. The smallest absolute Gasteiger partial charge is 0.264 e. The maximum absolute atomic E-state index is 11.2. The van der Waals surface area contributed by atoms with E-state index in [1.807, 2.05) is 10.1 Å². The van der Waals surface area contributed by atoms with Crippen LogP contribution in [0.25, 0.3) is 22.3 Å². The first-order valence-corrected chi connectivity index (χ1v) is 20.2. The molecule has 234 valence electrons. The lowest BCUT2D eigenvalue weighted by Gasteiger charge is -2.36. The lowest BCUT2D eigenvalue weighted by molar-refractivity contribution is -0.0365. The van der Waals surface area contributed by atoms with Gasteiger partial charge in [-0.1, -0.05) is 20.8 Å². The van der Waals surface area contributed by atoms with Crippen LogP contribution in [0.15, 0.2) is 23.6 Å². The van der Waals surface area contributed by atoms with Crippen molar-refractivity contribution in [2.75, 3.05) is 32.7 Å². The van der Waals surface area contributed by atoms with Crippen molar-refractivity contribution in [1.29, 1.82) is 0 Å². The van der Waals surface area contributed by atoms with Gasteiger partial charge in [0.15, 0.2) is 6.23 Å². The molecule has 0 saturated carbocycles. The molecular weight excluding hydrogens is 595 g/mol. The van der Waals surface area contributed by atoms with Crippen LogP contribution in [-0.4, -0.2) is 70.3 Å². The van der Waals surface area contributed by atoms with Crippen LogP contribution in [0, 0.1) is 0 Å². The molecule has 1 aliphatic rings. The quantitative estimate of drug-likeness (QED) is 0.110. The first-order chi connectivity index (χ1) is 19.7. The lowest BCUT2D eigenvalue weighted by Crippen LogP contribution is -2.43. The Kier molecular flexibility index (Phi) is 10.9. The molecule has 2 atom stereocenters. The zero-order valence-corrected chi connectivity index (χ0v) is 28.5. The predicted molar refractivity (Wildman–Crippen MR) is 168 cm³/mol. The molecule has 2 aromatic heterocycles. The fourth-order valence-electron chi connectivity index (χ4n) is 4.42. The fraction of sp³-hybridized carbons (Fsp3) is 0.655. The molecule has 13 heteroatoms. The molecule has 4 rings (SSSR count). The van der Waals surface area contributed by atoms with Crippen molar-refractivity contribution < 1.29 is 31.2 Å². The molecule has 10 nitrogen and oxygen atoms in total. The number of ether oxygens (including phenoxy) is 3. The lowest BCUT2D eigenvalue weighted by atomic mass is 10.1. The largest absolute Gasteiger partial charge is 0.543 e. The van der Waals surface area contributed by atoms with Crippen LogP contribution in [-0.2, 0) is 35.1 Å². The highest BCUT2D eigenvalue weighted by atomic mass is 32.2. The molecule has 0 radical (unpaired) electrons. The molecule has 0 spiro atoms. The number of hydrogen-bond donors (Lipinski definition) is 0. The Morgan fingerprint density at radius 1 is 1.17 bits per heavy atom. The van der Waals surface area contributed by atoms with Crippen molar-refractivity contribution >= 4 is 40.7 Å². The van der Waals surface area contributed by atoms with E-state index in [2.05, 4.69) is 52.1 Å². The van der Waals surface area contributed by atoms with Crippen LogP contribution in [0.5, 0.6) is 5.75 Å². The summed E-state index contributed by atoms with van der Waals surface area (Å²) in [6.07, 6.45) is 4.13. The van der Waals surface area contributed by atoms with Gasteiger partial charge in [-0.25, -0.2) is 9.67 Å². The van der Waals surface area contributed by atoms with Gasteiger partial charge in [0.25, 0.3) is 10.1 Å². The van der Waals surface area contributed by atoms with Crippen molar-refractivity contribution in [2.45, 2.75) is 90.4 Å². The number of fused-ring (bicyclic) bond motifs is 1. The third-order valence-corrected chi connectivity index (χ3v) is 13.5. The predicted octanol–water partition coefficient (Wildman–Crippen LogP) is 6.53. The number of aromatic nitrogens is 3. The zero-order chi connectivity index (χ0) is 30.5. The minimum atomic E-state index is -3.46. The SMILES string of the molecule is CC(CCOCCOCc1nc(-c2nn(C3CCCCO3)c3ccc(O[Si](C)(C)C(C)(C)C)cc23)cs1)OS(C)(=O)=O. The fourth-order valence-corrected chi connectivity index (χ4v) is 6.85. The van der Waals surface area contributed by atoms with Gasteiger partial charge < -0.3 is 18.6 Å². The first kappa shape index (κ1) is 33.0. The summed E-state index contributed by atoms with van der Waals surface area (Å²) in [5.41, 5.74) is 2.63. The van der Waals surface area contributed by atoms with E-state index in [1.54, 1.807) is 6.92 Å². The van der Waals surface area contributed by atoms with Crippen LogP contribution >= 0.6 is 11.3 Å². The monoisotopic (exact) mass is 639 g/mol. The molecule has 1 fully saturated rings. The van der Waals surface area contributed by atoms with Gasteiger partial charge in [0.2, 0.25) is 8.32 Å². The average Bonchev–Trinajstić information content (AvgIpc) is 3.51. The molecule has 3 aromatic rings. The molecule has 0 bridgehead atoms. The van der Waals surface area contributed by atoms with Crippen molar-refractivity contribution in [3.63, 3.8) is 0 Å². The van der Waals surface area contributed by atoms with Crippen molar-refractivity contribution in [2.24, 2.45) is 0 Å². The number of thiazole rings is 1. The summed E-state index contributed by atoms with van der Waals surface area (Å²) >= 11 is 1.54. The Bertz CT molecular complexity index is 1430. The standard InChI is InChI=1S/C29H45N3O7S2Si/c1-21(38-41(5,33)34)13-15-35-16-17-36-19-26-30-24(20-40-26)28-23-18-22(39-42(6,7)29(2,3)4)11-12-25(23)32(31-28)27-10-8-9-14-37-27/h11-12,18,20-21,27H,8-10,13-17,19H2,1-7H3. The van der Waals surface area contributed by atoms with Gasteiger partial charge in [0.05, 0.1) is 37.7 Å². The minimum Gasteiger partial charge on any atom is -0.543 e. The summed E-state index contributed by atoms with van der Waals surface area (Å²) in [5, 5.41) is 8.99. The number of benzene rings is 1.